The number of nitrogens with zero attached hydrogens (tertiary/aromatic N) is 1. The Kier molecular flexibility index (Phi) is 3.81. The second-order valence-corrected chi connectivity index (χ2v) is 6.79. The van der Waals surface area contributed by atoms with E-state index in [4.69, 9.17) is 0 Å². The highest BCUT2D eigenvalue weighted by atomic mass is 16.2. The SMILES string of the molecule is CCC(=O)c1ccc2c(c1)C(C)(C)C(=O)N2C1CCNCC1. The molecule has 0 bridgehead atoms. The third-order valence-corrected chi connectivity index (χ3v) is 5.00. The lowest BCUT2D eigenvalue weighted by Gasteiger charge is -2.33. The van der Waals surface area contributed by atoms with Crippen molar-refractivity contribution in [2.24, 2.45) is 0 Å². The van der Waals surface area contributed by atoms with Gasteiger partial charge in [-0.3, -0.25) is 9.59 Å². The molecule has 0 saturated carbocycles. The van der Waals surface area contributed by atoms with Crippen LogP contribution in [0.1, 0.15) is 56.0 Å². The summed E-state index contributed by atoms with van der Waals surface area (Å²) in [6, 6.07) is 6.03. The number of ketones is 1. The fourth-order valence-corrected chi connectivity index (χ4v) is 3.58. The van der Waals surface area contributed by atoms with Crippen molar-refractivity contribution >= 4 is 17.4 Å². The van der Waals surface area contributed by atoms with E-state index in [9.17, 15) is 9.59 Å². The minimum atomic E-state index is -0.551. The van der Waals surface area contributed by atoms with Gasteiger partial charge in [0, 0.05) is 23.7 Å². The quantitative estimate of drug-likeness (QED) is 0.873. The Morgan fingerprint density at radius 2 is 2.00 bits per heavy atom. The maximum Gasteiger partial charge on any atom is 0.237 e. The van der Waals surface area contributed by atoms with E-state index < -0.39 is 5.41 Å². The average Bonchev–Trinajstić information content (AvgIpc) is 2.74. The second kappa shape index (κ2) is 5.51. The average molecular weight is 300 g/mol. The fraction of sp³-hybridized carbons (Fsp3) is 0.556. The summed E-state index contributed by atoms with van der Waals surface area (Å²) >= 11 is 0. The zero-order chi connectivity index (χ0) is 15.9. The standard InChI is InChI=1S/C18H24N2O2/c1-4-16(21)12-5-6-15-14(11-12)18(2,3)17(22)20(15)13-7-9-19-10-8-13/h5-6,11,13,19H,4,7-10H2,1-3H3. The predicted molar refractivity (Wildman–Crippen MR) is 87.5 cm³/mol. The van der Waals surface area contributed by atoms with Crippen LogP contribution in [0.2, 0.25) is 0 Å². The van der Waals surface area contributed by atoms with Crippen LogP contribution in [-0.2, 0) is 10.2 Å². The van der Waals surface area contributed by atoms with Gasteiger partial charge in [-0.25, -0.2) is 0 Å². The van der Waals surface area contributed by atoms with Gasteiger partial charge in [0.25, 0.3) is 0 Å². The molecule has 1 N–H and O–H groups in total. The molecule has 1 aromatic rings. The summed E-state index contributed by atoms with van der Waals surface area (Å²) in [5.41, 5.74) is 2.16. The van der Waals surface area contributed by atoms with Crippen LogP contribution >= 0.6 is 0 Å². The Balaban J connectivity index is 2.04. The Hall–Kier alpha value is -1.68. The molecule has 1 fully saturated rings. The van der Waals surface area contributed by atoms with Crippen LogP contribution in [0.5, 0.6) is 0 Å². The number of nitrogens with one attached hydrogen (secondary N) is 1. The molecule has 0 aliphatic carbocycles. The van der Waals surface area contributed by atoms with Crippen molar-refractivity contribution < 1.29 is 9.59 Å². The molecule has 4 nitrogen and oxygen atoms in total. The normalized spacial score (nSPS) is 21.0. The van der Waals surface area contributed by atoms with Crippen LogP contribution in [0.3, 0.4) is 0 Å². The van der Waals surface area contributed by atoms with Gasteiger partial charge in [0.2, 0.25) is 5.91 Å². The van der Waals surface area contributed by atoms with Gasteiger partial charge in [0.05, 0.1) is 5.41 Å². The molecule has 0 aromatic heterocycles. The first kappa shape index (κ1) is 15.2. The van der Waals surface area contributed by atoms with Crippen molar-refractivity contribution in [3.05, 3.63) is 29.3 Å². The van der Waals surface area contributed by atoms with E-state index in [0.717, 1.165) is 37.2 Å². The molecule has 0 unspecified atom stereocenters. The topological polar surface area (TPSA) is 49.4 Å². The number of hydrogen-bond acceptors (Lipinski definition) is 3. The molecule has 0 radical (unpaired) electrons. The number of Topliss-reactive ketones (excluding diaryl/α,β-unsaturated/α-hetero) is 1. The molecule has 1 amide bonds. The number of rotatable bonds is 3. The lowest BCUT2D eigenvalue weighted by Crippen LogP contribution is -2.47. The first-order valence-electron chi connectivity index (χ1n) is 8.19. The number of anilines is 1. The minimum absolute atomic E-state index is 0.131. The largest absolute Gasteiger partial charge is 0.317 e. The highest BCUT2D eigenvalue weighted by molar-refractivity contribution is 6.09. The Labute approximate surface area is 131 Å². The summed E-state index contributed by atoms with van der Waals surface area (Å²) in [6.45, 7) is 7.71. The highest BCUT2D eigenvalue weighted by Gasteiger charge is 2.46. The van der Waals surface area contributed by atoms with Crippen molar-refractivity contribution in [1.29, 1.82) is 0 Å². The molecule has 1 saturated heterocycles. The van der Waals surface area contributed by atoms with Gasteiger partial charge in [-0.2, -0.15) is 0 Å². The molecule has 0 atom stereocenters. The van der Waals surface area contributed by atoms with Crippen LogP contribution < -0.4 is 10.2 Å². The molecule has 4 heteroatoms. The smallest absolute Gasteiger partial charge is 0.237 e. The van der Waals surface area contributed by atoms with Gasteiger partial charge in [-0.05, 0) is 63.5 Å². The van der Waals surface area contributed by atoms with Crippen LogP contribution in [0.15, 0.2) is 18.2 Å². The van der Waals surface area contributed by atoms with Crippen molar-refractivity contribution in [1.82, 2.24) is 5.32 Å². The molecule has 3 rings (SSSR count). The second-order valence-electron chi connectivity index (χ2n) is 6.79. The molecular formula is C18H24N2O2. The molecule has 22 heavy (non-hydrogen) atoms. The van der Waals surface area contributed by atoms with Gasteiger partial charge >= 0.3 is 0 Å². The maximum atomic E-state index is 13.0. The lowest BCUT2D eigenvalue weighted by atomic mass is 9.85. The zero-order valence-corrected chi connectivity index (χ0v) is 13.6. The Morgan fingerprint density at radius 1 is 1.32 bits per heavy atom. The van der Waals surface area contributed by atoms with Gasteiger partial charge in [-0.1, -0.05) is 6.92 Å². The summed E-state index contributed by atoms with van der Waals surface area (Å²) < 4.78 is 0. The Morgan fingerprint density at radius 3 is 2.64 bits per heavy atom. The number of amides is 1. The summed E-state index contributed by atoms with van der Waals surface area (Å²) in [5.74, 6) is 0.293. The van der Waals surface area contributed by atoms with E-state index in [1.165, 1.54) is 0 Å². The number of fused-ring (bicyclic) bond motifs is 1. The highest BCUT2D eigenvalue weighted by Crippen LogP contribution is 2.44. The van der Waals surface area contributed by atoms with Crippen LogP contribution in [0.25, 0.3) is 0 Å². The van der Waals surface area contributed by atoms with Crippen molar-refractivity contribution in [3.63, 3.8) is 0 Å². The van der Waals surface area contributed by atoms with E-state index >= 15 is 0 Å². The monoisotopic (exact) mass is 300 g/mol. The van der Waals surface area contributed by atoms with Crippen LogP contribution in [0.4, 0.5) is 5.69 Å². The summed E-state index contributed by atoms with van der Waals surface area (Å²) in [4.78, 5) is 26.9. The molecule has 2 heterocycles. The number of carbonyl (C=O) groups is 2. The lowest BCUT2D eigenvalue weighted by molar-refractivity contribution is -0.122. The van der Waals surface area contributed by atoms with Crippen molar-refractivity contribution in [2.75, 3.05) is 18.0 Å². The van der Waals surface area contributed by atoms with Gasteiger partial charge < -0.3 is 10.2 Å². The molecule has 2 aliphatic heterocycles. The van der Waals surface area contributed by atoms with Crippen molar-refractivity contribution in [3.8, 4) is 0 Å². The summed E-state index contributed by atoms with van der Waals surface area (Å²) in [7, 11) is 0. The van der Waals surface area contributed by atoms with E-state index in [0.29, 0.717) is 12.0 Å². The number of hydrogen-bond donors (Lipinski definition) is 1. The van der Waals surface area contributed by atoms with Crippen LogP contribution in [-0.4, -0.2) is 30.8 Å². The molecule has 2 aliphatic rings. The summed E-state index contributed by atoms with van der Waals surface area (Å²) in [5, 5.41) is 3.35. The van der Waals surface area contributed by atoms with Gasteiger partial charge in [0.1, 0.15) is 0 Å². The predicted octanol–water partition coefficient (Wildman–Crippen LogP) is 2.66. The molecule has 0 spiro atoms. The maximum absolute atomic E-state index is 13.0. The fourth-order valence-electron chi connectivity index (χ4n) is 3.58. The van der Waals surface area contributed by atoms with Crippen LogP contribution in [0, 0.1) is 0 Å². The summed E-state index contributed by atoms with van der Waals surface area (Å²) in [6.07, 6.45) is 2.46. The van der Waals surface area contributed by atoms with Gasteiger partial charge in [0.15, 0.2) is 5.78 Å². The van der Waals surface area contributed by atoms with E-state index in [2.05, 4.69) is 5.32 Å². The number of benzene rings is 1. The Bertz CT molecular complexity index is 616. The van der Waals surface area contributed by atoms with Gasteiger partial charge in [-0.15, -0.1) is 0 Å². The van der Waals surface area contributed by atoms with E-state index in [-0.39, 0.29) is 17.7 Å². The zero-order valence-electron chi connectivity index (χ0n) is 13.6. The first-order valence-corrected chi connectivity index (χ1v) is 8.19. The molecule has 1 aromatic carbocycles. The number of carbonyl (C=O) groups excluding carboxylic acids is 2. The third kappa shape index (κ3) is 2.26. The van der Waals surface area contributed by atoms with Crippen molar-refractivity contribution in [2.45, 2.75) is 51.5 Å². The number of piperidine rings is 1. The van der Waals surface area contributed by atoms with E-state index in [1.807, 2.05) is 43.9 Å². The third-order valence-electron chi connectivity index (χ3n) is 5.00. The molecular weight excluding hydrogens is 276 g/mol. The van der Waals surface area contributed by atoms with E-state index in [1.54, 1.807) is 0 Å². The minimum Gasteiger partial charge on any atom is -0.317 e. The molecule has 118 valence electrons. The first-order chi connectivity index (χ1) is 10.5.